The minimum Gasteiger partial charge on any atom is -0.362 e. The van der Waals surface area contributed by atoms with Gasteiger partial charge in [0.15, 0.2) is 0 Å². The summed E-state index contributed by atoms with van der Waals surface area (Å²) in [6.45, 7) is 3.23. The average Bonchev–Trinajstić information content (AvgIpc) is 1.90. The molecule has 1 heterocycles. The standard InChI is InChI=1S/C5H8NO/c1-2-4-7-5-6-3-1/h1-3,6H,4-5H2. The third kappa shape index (κ3) is 1.71. The SMILES string of the molecule is [CH]1C=CCOCN1. The van der Waals surface area contributed by atoms with Crippen LogP contribution in [-0.4, -0.2) is 13.3 Å². The molecule has 2 heteroatoms. The maximum atomic E-state index is 4.97. The fourth-order valence-corrected chi connectivity index (χ4v) is 0.426. The molecule has 0 saturated heterocycles. The third-order valence-electron chi connectivity index (χ3n) is 0.750. The molecule has 0 spiro atoms. The summed E-state index contributed by atoms with van der Waals surface area (Å²) < 4.78 is 4.97. The van der Waals surface area contributed by atoms with Crippen molar-refractivity contribution in [2.45, 2.75) is 0 Å². The Hall–Kier alpha value is -0.340. The molecule has 0 fully saturated rings. The minimum atomic E-state index is 0.632. The summed E-state index contributed by atoms with van der Waals surface area (Å²) in [5, 5.41) is 2.91. The highest BCUT2D eigenvalue weighted by Crippen LogP contribution is 1.83. The quantitative estimate of drug-likeness (QED) is 0.470. The van der Waals surface area contributed by atoms with E-state index < -0.39 is 0 Å². The minimum absolute atomic E-state index is 0.632. The molecule has 2 nitrogen and oxygen atoms in total. The molecule has 0 atom stereocenters. The molecule has 0 bridgehead atoms. The van der Waals surface area contributed by atoms with Gasteiger partial charge >= 0.3 is 0 Å². The summed E-state index contributed by atoms with van der Waals surface area (Å²) >= 11 is 0. The van der Waals surface area contributed by atoms with E-state index >= 15 is 0 Å². The van der Waals surface area contributed by atoms with Crippen molar-refractivity contribution >= 4 is 0 Å². The Labute approximate surface area is 43.2 Å². The van der Waals surface area contributed by atoms with Gasteiger partial charge in [0.25, 0.3) is 0 Å². The van der Waals surface area contributed by atoms with Crippen molar-refractivity contribution in [2.24, 2.45) is 0 Å². The molecule has 1 rings (SSSR count). The van der Waals surface area contributed by atoms with E-state index in [9.17, 15) is 0 Å². The van der Waals surface area contributed by atoms with E-state index in [4.69, 9.17) is 4.74 Å². The van der Waals surface area contributed by atoms with E-state index in [1.165, 1.54) is 0 Å². The molecule has 0 aliphatic carbocycles. The van der Waals surface area contributed by atoms with Crippen LogP contribution in [0.15, 0.2) is 12.2 Å². The van der Waals surface area contributed by atoms with Crippen LogP contribution < -0.4 is 5.32 Å². The van der Waals surface area contributed by atoms with Crippen molar-refractivity contribution in [3.8, 4) is 0 Å². The van der Waals surface area contributed by atoms with Crippen LogP contribution in [0.1, 0.15) is 0 Å². The maximum absolute atomic E-state index is 4.97. The van der Waals surface area contributed by atoms with E-state index in [0.717, 1.165) is 6.61 Å². The van der Waals surface area contributed by atoms with Crippen molar-refractivity contribution in [2.75, 3.05) is 13.3 Å². The predicted octanol–water partition coefficient (Wildman–Crippen LogP) is 0.282. The van der Waals surface area contributed by atoms with Gasteiger partial charge in [-0.25, -0.2) is 0 Å². The molecule has 0 aromatic heterocycles. The molecule has 1 N–H and O–H groups in total. The van der Waals surface area contributed by atoms with E-state index in [0.29, 0.717) is 6.73 Å². The van der Waals surface area contributed by atoms with E-state index in [1.54, 1.807) is 0 Å². The summed E-state index contributed by atoms with van der Waals surface area (Å²) in [5.74, 6) is 0. The van der Waals surface area contributed by atoms with Gasteiger partial charge in [-0.2, -0.15) is 0 Å². The van der Waals surface area contributed by atoms with Crippen LogP contribution in [0.5, 0.6) is 0 Å². The monoisotopic (exact) mass is 98.1 g/mol. The zero-order valence-corrected chi connectivity index (χ0v) is 4.05. The number of hydrogen-bond acceptors (Lipinski definition) is 2. The Morgan fingerprint density at radius 3 is 3.57 bits per heavy atom. The average molecular weight is 98.1 g/mol. The highest BCUT2D eigenvalue weighted by atomic mass is 16.5. The van der Waals surface area contributed by atoms with Gasteiger partial charge in [0.1, 0.15) is 0 Å². The van der Waals surface area contributed by atoms with Crippen molar-refractivity contribution in [1.82, 2.24) is 5.32 Å². The molecular formula is C5H8NO. The topological polar surface area (TPSA) is 21.3 Å². The normalized spacial score (nSPS) is 21.7. The Morgan fingerprint density at radius 1 is 1.57 bits per heavy atom. The predicted molar refractivity (Wildman–Crippen MR) is 27.4 cm³/mol. The first-order valence-corrected chi connectivity index (χ1v) is 2.29. The van der Waals surface area contributed by atoms with Crippen LogP contribution in [0.2, 0.25) is 0 Å². The smallest absolute Gasteiger partial charge is 0.0974 e. The second-order valence-electron chi connectivity index (χ2n) is 1.31. The highest BCUT2D eigenvalue weighted by molar-refractivity contribution is 4.93. The lowest BCUT2D eigenvalue weighted by atomic mass is 10.5. The fraction of sp³-hybridized carbons (Fsp3) is 0.400. The molecule has 0 aromatic rings. The molecule has 39 valence electrons. The largest absolute Gasteiger partial charge is 0.362 e. The van der Waals surface area contributed by atoms with Crippen molar-refractivity contribution in [3.63, 3.8) is 0 Å². The summed E-state index contributed by atoms with van der Waals surface area (Å²) in [7, 11) is 0. The lowest BCUT2D eigenvalue weighted by molar-refractivity contribution is 0.154. The Bertz CT molecular complexity index is 62.5. The second-order valence-corrected chi connectivity index (χ2v) is 1.31. The summed E-state index contributed by atoms with van der Waals surface area (Å²) in [5.41, 5.74) is 0. The lowest BCUT2D eigenvalue weighted by Gasteiger charge is -1.93. The summed E-state index contributed by atoms with van der Waals surface area (Å²) in [6, 6.07) is 0. The molecule has 1 aliphatic rings. The molecule has 0 aromatic carbocycles. The van der Waals surface area contributed by atoms with Gasteiger partial charge in [0.2, 0.25) is 0 Å². The Kier molecular flexibility index (Phi) is 1.90. The molecule has 0 unspecified atom stereocenters. The van der Waals surface area contributed by atoms with Crippen LogP contribution in [0.3, 0.4) is 0 Å². The van der Waals surface area contributed by atoms with Crippen molar-refractivity contribution in [1.29, 1.82) is 0 Å². The number of rotatable bonds is 0. The Balaban J connectivity index is 2.20. The summed E-state index contributed by atoms with van der Waals surface area (Å²) in [4.78, 5) is 0. The lowest BCUT2D eigenvalue weighted by Crippen LogP contribution is -2.10. The first kappa shape index (κ1) is 4.81. The van der Waals surface area contributed by atoms with Crippen molar-refractivity contribution < 1.29 is 4.74 Å². The molecular weight excluding hydrogens is 90.1 g/mol. The molecule has 7 heavy (non-hydrogen) atoms. The fourth-order valence-electron chi connectivity index (χ4n) is 0.426. The molecule has 1 aliphatic heterocycles. The van der Waals surface area contributed by atoms with Gasteiger partial charge in [-0.3, -0.25) is 5.32 Å². The van der Waals surface area contributed by atoms with Crippen LogP contribution >= 0.6 is 0 Å². The molecule has 0 amide bonds. The maximum Gasteiger partial charge on any atom is 0.0974 e. The third-order valence-corrected chi connectivity index (χ3v) is 0.750. The van der Waals surface area contributed by atoms with Gasteiger partial charge in [0.05, 0.1) is 13.3 Å². The molecule has 0 saturated carbocycles. The zero-order chi connectivity index (χ0) is 4.95. The van der Waals surface area contributed by atoms with Crippen LogP contribution in [0.25, 0.3) is 0 Å². The van der Waals surface area contributed by atoms with Crippen LogP contribution in [0, 0.1) is 6.54 Å². The number of nitrogens with one attached hydrogen (secondary N) is 1. The van der Waals surface area contributed by atoms with Gasteiger partial charge in [-0.05, 0) is 0 Å². The summed E-state index contributed by atoms with van der Waals surface area (Å²) in [6.07, 6.45) is 3.90. The first-order valence-electron chi connectivity index (χ1n) is 2.29. The van der Waals surface area contributed by atoms with E-state index in [1.807, 2.05) is 18.7 Å². The van der Waals surface area contributed by atoms with Crippen LogP contribution in [0.4, 0.5) is 0 Å². The van der Waals surface area contributed by atoms with Gasteiger partial charge in [-0.15, -0.1) is 0 Å². The molecule has 1 radical (unpaired) electrons. The first-order chi connectivity index (χ1) is 3.50. The van der Waals surface area contributed by atoms with Crippen molar-refractivity contribution in [3.05, 3.63) is 18.7 Å². The second kappa shape index (κ2) is 2.77. The van der Waals surface area contributed by atoms with Gasteiger partial charge < -0.3 is 4.74 Å². The van der Waals surface area contributed by atoms with E-state index in [2.05, 4.69) is 5.32 Å². The van der Waals surface area contributed by atoms with Crippen LogP contribution in [-0.2, 0) is 4.74 Å². The van der Waals surface area contributed by atoms with E-state index in [-0.39, 0.29) is 0 Å². The van der Waals surface area contributed by atoms with Gasteiger partial charge in [0, 0.05) is 6.54 Å². The van der Waals surface area contributed by atoms with Gasteiger partial charge in [-0.1, -0.05) is 12.2 Å². The zero-order valence-electron chi connectivity index (χ0n) is 4.05. The number of ether oxygens (including phenoxy) is 1. The highest BCUT2D eigenvalue weighted by Gasteiger charge is 1.85. The Morgan fingerprint density at radius 2 is 2.57 bits per heavy atom. The number of hydrogen-bond donors (Lipinski definition) is 1.